The lowest BCUT2D eigenvalue weighted by atomic mass is 9.91. The van der Waals surface area contributed by atoms with Gasteiger partial charge < -0.3 is 14.8 Å². The van der Waals surface area contributed by atoms with Gasteiger partial charge in [-0.15, -0.1) is 0 Å². The van der Waals surface area contributed by atoms with Crippen LogP contribution in [0.4, 0.5) is 4.79 Å². The van der Waals surface area contributed by atoms with Crippen molar-refractivity contribution in [1.82, 2.24) is 5.32 Å². The lowest BCUT2D eigenvalue weighted by Crippen LogP contribution is -2.43. The molecule has 0 radical (unpaired) electrons. The van der Waals surface area contributed by atoms with Crippen LogP contribution in [0.1, 0.15) is 60.5 Å². The van der Waals surface area contributed by atoms with Gasteiger partial charge in [0.1, 0.15) is 22.9 Å². The number of amides is 1. The molecule has 0 aliphatic carbocycles. The largest absolute Gasteiger partial charge is 0.459 e. The minimum atomic E-state index is -0.984. The molecule has 184 valence electrons. The molecule has 1 amide bonds. The lowest BCUT2D eigenvalue weighted by Gasteiger charge is -2.27. The van der Waals surface area contributed by atoms with Crippen LogP contribution in [0.3, 0.4) is 0 Å². The number of Topliss-reactive ketones (excluding diaryl/α,β-unsaturated/α-hetero) is 1. The van der Waals surface area contributed by atoms with Crippen molar-refractivity contribution in [1.29, 1.82) is 0 Å². The fourth-order valence-electron chi connectivity index (χ4n) is 3.50. The number of hydrogen-bond donors (Lipinski definition) is 1. The van der Waals surface area contributed by atoms with Gasteiger partial charge in [-0.05, 0) is 78.0 Å². The highest BCUT2D eigenvalue weighted by Gasteiger charge is 2.32. The minimum absolute atomic E-state index is 0.115. The second-order valence-electron chi connectivity index (χ2n) is 10.5. The molecule has 2 aromatic carbocycles. The molecule has 0 heterocycles. The molecule has 6 nitrogen and oxygen atoms in total. The second kappa shape index (κ2) is 11.3. The predicted octanol–water partition coefficient (Wildman–Crippen LogP) is 5.73. The highest BCUT2D eigenvalue weighted by molar-refractivity contribution is 5.98. The Balaban J connectivity index is 2.23. The topological polar surface area (TPSA) is 81.7 Å². The van der Waals surface area contributed by atoms with Crippen LogP contribution < -0.4 is 5.32 Å². The van der Waals surface area contributed by atoms with Crippen molar-refractivity contribution in [2.45, 2.75) is 78.6 Å². The Labute approximate surface area is 203 Å². The highest BCUT2D eigenvalue weighted by Crippen LogP contribution is 2.22. The smallest absolute Gasteiger partial charge is 0.407 e. The predicted molar refractivity (Wildman–Crippen MR) is 133 cm³/mol. The van der Waals surface area contributed by atoms with Crippen LogP contribution in [0, 0.1) is 5.92 Å². The van der Waals surface area contributed by atoms with Crippen LogP contribution in [-0.4, -0.2) is 35.1 Å². The number of carbonyl (C=O) groups is 3. The van der Waals surface area contributed by atoms with E-state index in [2.05, 4.69) is 5.32 Å². The van der Waals surface area contributed by atoms with Crippen LogP contribution in [0.5, 0.6) is 0 Å². The zero-order chi connectivity index (χ0) is 25.5. The van der Waals surface area contributed by atoms with Crippen molar-refractivity contribution in [3.05, 3.63) is 60.2 Å². The van der Waals surface area contributed by atoms with Crippen molar-refractivity contribution in [2.24, 2.45) is 5.92 Å². The maximum atomic E-state index is 12.7. The molecule has 6 heteroatoms. The van der Waals surface area contributed by atoms with E-state index in [0.29, 0.717) is 6.42 Å². The average Bonchev–Trinajstić information content (AvgIpc) is 2.70. The fourth-order valence-corrected chi connectivity index (χ4v) is 3.50. The third-order valence-electron chi connectivity index (χ3n) is 4.97. The van der Waals surface area contributed by atoms with Crippen LogP contribution in [-0.2, 0) is 25.5 Å². The molecule has 0 saturated heterocycles. The molecule has 34 heavy (non-hydrogen) atoms. The van der Waals surface area contributed by atoms with Gasteiger partial charge in [0.15, 0.2) is 0 Å². The van der Waals surface area contributed by atoms with Crippen LogP contribution >= 0.6 is 0 Å². The Morgan fingerprint density at radius 1 is 0.794 bits per heavy atom. The Kier molecular flexibility index (Phi) is 9.02. The Morgan fingerprint density at radius 2 is 1.32 bits per heavy atom. The second-order valence-corrected chi connectivity index (χ2v) is 10.5. The summed E-state index contributed by atoms with van der Waals surface area (Å²) >= 11 is 0. The molecule has 1 unspecified atom stereocenters. The Morgan fingerprint density at radius 3 is 1.82 bits per heavy atom. The third-order valence-corrected chi connectivity index (χ3v) is 4.97. The SMILES string of the molecule is CC(=O)C(C[C@@H](Cc1ccc(-c2ccccc2)cc1)NC(=O)OC(C)(C)C)C(=O)OC(C)(C)C. The first-order chi connectivity index (χ1) is 15.7. The summed E-state index contributed by atoms with van der Waals surface area (Å²) in [6.07, 6.45) is -0.0462. The molecule has 0 fully saturated rings. The van der Waals surface area contributed by atoms with Gasteiger partial charge in [-0.3, -0.25) is 9.59 Å². The van der Waals surface area contributed by atoms with Gasteiger partial charge in [0.05, 0.1) is 0 Å². The molecule has 2 aromatic rings. The van der Waals surface area contributed by atoms with Crippen LogP contribution in [0.25, 0.3) is 11.1 Å². The summed E-state index contributed by atoms with van der Waals surface area (Å²) in [5.41, 5.74) is 1.77. The maximum Gasteiger partial charge on any atom is 0.407 e. The van der Waals surface area contributed by atoms with Gasteiger partial charge in [-0.25, -0.2) is 4.79 Å². The van der Waals surface area contributed by atoms with E-state index >= 15 is 0 Å². The van der Waals surface area contributed by atoms with Crippen molar-refractivity contribution in [2.75, 3.05) is 0 Å². The number of hydrogen-bond acceptors (Lipinski definition) is 5. The van der Waals surface area contributed by atoms with Gasteiger partial charge in [0.25, 0.3) is 0 Å². The number of esters is 1. The summed E-state index contributed by atoms with van der Waals surface area (Å²) in [5.74, 6) is -1.87. The van der Waals surface area contributed by atoms with E-state index in [1.54, 1.807) is 41.5 Å². The Hall–Kier alpha value is -3.15. The van der Waals surface area contributed by atoms with E-state index in [1.807, 2.05) is 54.6 Å². The normalized spacial score (nSPS) is 13.5. The number of alkyl carbamates (subject to hydrolysis) is 1. The summed E-state index contributed by atoms with van der Waals surface area (Å²) in [6.45, 7) is 12.0. The fraction of sp³-hybridized carbons (Fsp3) is 0.464. The zero-order valence-corrected chi connectivity index (χ0v) is 21.3. The van der Waals surface area contributed by atoms with Crippen LogP contribution in [0.2, 0.25) is 0 Å². The number of carbonyl (C=O) groups excluding carboxylic acids is 3. The molecule has 1 N–H and O–H groups in total. The van der Waals surface area contributed by atoms with Crippen LogP contribution in [0.15, 0.2) is 54.6 Å². The summed E-state index contributed by atoms with van der Waals surface area (Å²) in [4.78, 5) is 37.6. The highest BCUT2D eigenvalue weighted by atomic mass is 16.6. The number of rotatable bonds is 8. The van der Waals surface area contributed by atoms with Gasteiger partial charge in [-0.2, -0.15) is 0 Å². The molecule has 0 bridgehead atoms. The van der Waals surface area contributed by atoms with Crippen molar-refractivity contribution >= 4 is 17.8 Å². The molecule has 0 aliphatic heterocycles. The minimum Gasteiger partial charge on any atom is -0.459 e. The van der Waals surface area contributed by atoms with Gasteiger partial charge in [0, 0.05) is 6.04 Å². The van der Waals surface area contributed by atoms with Gasteiger partial charge in [0.2, 0.25) is 0 Å². The third kappa shape index (κ3) is 9.38. The van der Waals surface area contributed by atoms with Gasteiger partial charge >= 0.3 is 12.1 Å². The number of benzene rings is 2. The molecule has 0 spiro atoms. The quantitative estimate of drug-likeness (QED) is 0.396. The van der Waals surface area contributed by atoms with Crippen molar-refractivity contribution < 1.29 is 23.9 Å². The van der Waals surface area contributed by atoms with E-state index in [1.165, 1.54) is 6.92 Å². The summed E-state index contributed by atoms with van der Waals surface area (Å²) in [6, 6.07) is 17.5. The van der Waals surface area contributed by atoms with E-state index in [-0.39, 0.29) is 12.2 Å². The number of ether oxygens (including phenoxy) is 2. The van der Waals surface area contributed by atoms with Crippen molar-refractivity contribution in [3.8, 4) is 11.1 Å². The first-order valence-corrected chi connectivity index (χ1v) is 11.6. The Bertz CT molecular complexity index is 969. The first kappa shape index (κ1) is 27.1. The molecular weight excluding hydrogens is 430 g/mol. The summed E-state index contributed by atoms with van der Waals surface area (Å²) in [7, 11) is 0. The molecule has 0 aromatic heterocycles. The van der Waals surface area contributed by atoms with E-state index in [0.717, 1.165) is 16.7 Å². The molecule has 0 saturated carbocycles. The number of nitrogens with one attached hydrogen (secondary N) is 1. The molecular formula is C28H37NO5. The molecule has 2 atom stereocenters. The van der Waals surface area contributed by atoms with E-state index in [4.69, 9.17) is 9.47 Å². The summed E-state index contributed by atoms with van der Waals surface area (Å²) in [5, 5.41) is 2.85. The van der Waals surface area contributed by atoms with Crippen molar-refractivity contribution in [3.63, 3.8) is 0 Å². The molecule has 0 aliphatic rings. The first-order valence-electron chi connectivity index (χ1n) is 11.6. The van der Waals surface area contributed by atoms with E-state index in [9.17, 15) is 14.4 Å². The molecule has 2 rings (SSSR count). The number of ketones is 1. The van der Waals surface area contributed by atoms with E-state index < -0.39 is 35.2 Å². The summed E-state index contributed by atoms with van der Waals surface area (Å²) < 4.78 is 10.9. The van der Waals surface area contributed by atoms with Gasteiger partial charge in [-0.1, -0.05) is 54.6 Å². The lowest BCUT2D eigenvalue weighted by molar-refractivity contribution is -0.162. The monoisotopic (exact) mass is 467 g/mol. The average molecular weight is 468 g/mol. The maximum absolute atomic E-state index is 12.7. The standard InChI is InChI=1S/C28H37NO5/c1-19(30)24(25(31)33-27(2,3)4)18-23(29-26(32)34-28(5,6)7)17-20-13-15-22(16-14-20)21-11-9-8-10-12-21/h8-16,23-24H,17-18H2,1-7H3,(H,29,32)/t23-,24?/m1/s1. The zero-order valence-electron chi connectivity index (χ0n) is 21.3.